The lowest BCUT2D eigenvalue weighted by Gasteiger charge is -2.37. The highest BCUT2D eigenvalue weighted by Crippen LogP contribution is 2.59. The fourth-order valence-corrected chi connectivity index (χ4v) is 5.79. The minimum atomic E-state index is -1.06. The number of amides is 3. The number of nitrogens with one attached hydrogen (secondary N) is 2. The van der Waals surface area contributed by atoms with E-state index < -0.39 is 29.5 Å². The smallest absolute Gasteiger partial charge is 0.246 e. The maximum atomic E-state index is 13.9. The van der Waals surface area contributed by atoms with Crippen LogP contribution in [0, 0.1) is 11.8 Å². The Morgan fingerprint density at radius 3 is 2.59 bits per heavy atom. The Balaban J connectivity index is 1.77. The van der Waals surface area contributed by atoms with E-state index in [0.29, 0.717) is 19.4 Å². The van der Waals surface area contributed by atoms with Crippen LogP contribution in [0.5, 0.6) is 0 Å². The Labute approximate surface area is 188 Å². The van der Waals surface area contributed by atoms with Crippen molar-refractivity contribution in [3.63, 3.8) is 0 Å². The predicted octanol–water partition coefficient (Wildman–Crippen LogP) is 1.15. The van der Waals surface area contributed by atoms with E-state index in [1.54, 1.807) is 0 Å². The van der Waals surface area contributed by atoms with Crippen molar-refractivity contribution >= 4 is 17.7 Å². The molecular weight excluding hydrogens is 410 g/mol. The number of carbonyl (C=O) groups excluding carboxylic acids is 3. The Morgan fingerprint density at radius 1 is 1.25 bits per heavy atom. The van der Waals surface area contributed by atoms with Gasteiger partial charge in [0.25, 0.3) is 0 Å². The molecule has 3 saturated heterocycles. The zero-order valence-corrected chi connectivity index (χ0v) is 18.9. The summed E-state index contributed by atoms with van der Waals surface area (Å²) in [5, 5.41) is 16.2. The topological polar surface area (TPSA) is 108 Å². The number of likely N-dealkylation sites (tertiary alicyclic amines) is 1. The quantitative estimate of drug-likeness (QED) is 0.559. The second kappa shape index (κ2) is 8.83. The van der Waals surface area contributed by atoms with Crippen LogP contribution in [0.15, 0.2) is 30.3 Å². The van der Waals surface area contributed by atoms with Gasteiger partial charge in [-0.1, -0.05) is 37.3 Å². The van der Waals surface area contributed by atoms with Crippen LogP contribution in [0.2, 0.25) is 0 Å². The molecule has 8 heteroatoms. The normalized spacial score (nSPS) is 31.7. The number of hydrogen-bond donors (Lipinski definition) is 3. The zero-order chi connectivity index (χ0) is 23.0. The summed E-state index contributed by atoms with van der Waals surface area (Å²) in [6, 6.07) is 7.47. The van der Waals surface area contributed by atoms with Crippen LogP contribution in [0.1, 0.15) is 51.6 Å². The number of aliphatic hydroxyl groups excluding tert-OH is 1. The van der Waals surface area contributed by atoms with Gasteiger partial charge in [0.2, 0.25) is 17.7 Å². The van der Waals surface area contributed by atoms with Crippen LogP contribution in [-0.4, -0.2) is 64.7 Å². The van der Waals surface area contributed by atoms with Gasteiger partial charge in [-0.25, -0.2) is 0 Å². The van der Waals surface area contributed by atoms with Gasteiger partial charge in [-0.15, -0.1) is 0 Å². The van der Waals surface area contributed by atoms with E-state index in [-0.39, 0.29) is 36.5 Å². The lowest BCUT2D eigenvalue weighted by atomic mass is 9.70. The molecule has 174 valence electrons. The number of aliphatic hydroxyl groups is 1. The first-order valence-electron chi connectivity index (χ1n) is 11.6. The molecule has 3 N–H and O–H groups in total. The number of benzene rings is 1. The van der Waals surface area contributed by atoms with Gasteiger partial charge in [-0.2, -0.15) is 0 Å². The Hall–Kier alpha value is -2.45. The SMILES string of the molecule is CCCNC(=O)[C@@H]1[C@@H]2CCC3(O2)C(C(=O)NC(C)C)N([C@H](CO)c2ccccc2)C(=O)[C@H]13. The molecule has 0 radical (unpaired) electrons. The third-order valence-corrected chi connectivity index (χ3v) is 6.96. The third-order valence-electron chi connectivity index (χ3n) is 6.96. The second-order valence-electron chi connectivity index (χ2n) is 9.36. The average molecular weight is 444 g/mol. The molecule has 1 aromatic carbocycles. The first-order valence-corrected chi connectivity index (χ1v) is 11.6. The van der Waals surface area contributed by atoms with Crippen molar-refractivity contribution in [3.05, 3.63) is 35.9 Å². The van der Waals surface area contributed by atoms with Gasteiger partial charge in [-0.05, 0) is 38.7 Å². The molecule has 3 fully saturated rings. The third kappa shape index (κ3) is 3.49. The van der Waals surface area contributed by atoms with E-state index >= 15 is 0 Å². The molecule has 3 aliphatic heterocycles. The lowest BCUT2D eigenvalue weighted by molar-refractivity contribution is -0.146. The first kappa shape index (κ1) is 22.7. The van der Waals surface area contributed by atoms with E-state index in [1.165, 1.54) is 4.90 Å². The first-order chi connectivity index (χ1) is 15.4. The zero-order valence-electron chi connectivity index (χ0n) is 18.9. The highest BCUT2D eigenvalue weighted by molar-refractivity contribution is 5.99. The molecule has 0 aliphatic carbocycles. The summed E-state index contributed by atoms with van der Waals surface area (Å²) in [4.78, 5) is 41.9. The van der Waals surface area contributed by atoms with E-state index in [2.05, 4.69) is 10.6 Å². The molecule has 8 nitrogen and oxygen atoms in total. The molecule has 0 aromatic heterocycles. The Morgan fingerprint density at radius 2 is 1.97 bits per heavy atom. The average Bonchev–Trinajstić information content (AvgIpc) is 3.41. The van der Waals surface area contributed by atoms with Crippen LogP contribution in [0.25, 0.3) is 0 Å². The lowest BCUT2D eigenvalue weighted by Crippen LogP contribution is -2.57. The van der Waals surface area contributed by atoms with Crippen LogP contribution in [0.3, 0.4) is 0 Å². The molecule has 1 spiro atoms. The fourth-order valence-electron chi connectivity index (χ4n) is 5.79. The van der Waals surface area contributed by atoms with Crippen LogP contribution in [0.4, 0.5) is 0 Å². The Bertz CT molecular complexity index is 876. The standard InChI is InChI=1S/C24H33N3O5/c1-4-12-25-21(29)18-17-10-11-24(32-17)19(18)23(31)27(20(24)22(30)26-14(2)3)16(13-28)15-8-6-5-7-9-15/h5-9,14,16-20,28H,4,10-13H2,1-3H3,(H,25,29)(H,26,30)/t16-,17+,18-,19+,20?,24?/m1/s1. The van der Waals surface area contributed by atoms with Gasteiger partial charge >= 0.3 is 0 Å². The van der Waals surface area contributed by atoms with E-state index in [4.69, 9.17) is 4.74 Å². The molecule has 4 rings (SSSR count). The summed E-state index contributed by atoms with van der Waals surface area (Å²) >= 11 is 0. The largest absolute Gasteiger partial charge is 0.394 e. The fraction of sp³-hybridized carbons (Fsp3) is 0.625. The van der Waals surface area contributed by atoms with Gasteiger partial charge in [0.05, 0.1) is 30.6 Å². The van der Waals surface area contributed by atoms with Gasteiger partial charge in [0.1, 0.15) is 11.6 Å². The van der Waals surface area contributed by atoms with E-state index in [9.17, 15) is 19.5 Å². The Kier molecular flexibility index (Phi) is 6.27. The highest BCUT2D eigenvalue weighted by atomic mass is 16.5. The van der Waals surface area contributed by atoms with Crippen molar-refractivity contribution in [3.8, 4) is 0 Å². The van der Waals surface area contributed by atoms with Crippen molar-refractivity contribution in [2.24, 2.45) is 11.8 Å². The monoisotopic (exact) mass is 443 g/mol. The summed E-state index contributed by atoms with van der Waals surface area (Å²) in [6.07, 6.45) is 1.58. The maximum Gasteiger partial charge on any atom is 0.246 e. The molecule has 1 aromatic rings. The maximum absolute atomic E-state index is 13.9. The molecule has 2 unspecified atom stereocenters. The summed E-state index contributed by atoms with van der Waals surface area (Å²) in [6.45, 7) is 5.89. The summed E-state index contributed by atoms with van der Waals surface area (Å²) in [5.41, 5.74) is -0.319. The number of nitrogens with zero attached hydrogens (tertiary/aromatic N) is 1. The van der Waals surface area contributed by atoms with Crippen molar-refractivity contribution in [2.75, 3.05) is 13.2 Å². The van der Waals surface area contributed by atoms with Crippen molar-refractivity contribution in [1.29, 1.82) is 0 Å². The van der Waals surface area contributed by atoms with Crippen molar-refractivity contribution < 1.29 is 24.2 Å². The number of ether oxygens (including phenoxy) is 1. The van der Waals surface area contributed by atoms with Crippen LogP contribution < -0.4 is 10.6 Å². The van der Waals surface area contributed by atoms with Crippen molar-refractivity contribution in [1.82, 2.24) is 15.5 Å². The van der Waals surface area contributed by atoms with Gasteiger partial charge < -0.3 is 25.4 Å². The van der Waals surface area contributed by atoms with E-state index in [1.807, 2.05) is 51.1 Å². The number of rotatable bonds is 8. The minimum Gasteiger partial charge on any atom is -0.394 e. The van der Waals surface area contributed by atoms with Crippen LogP contribution in [-0.2, 0) is 19.1 Å². The van der Waals surface area contributed by atoms with Gasteiger partial charge in [0, 0.05) is 12.6 Å². The molecule has 3 heterocycles. The predicted molar refractivity (Wildman–Crippen MR) is 117 cm³/mol. The molecule has 32 heavy (non-hydrogen) atoms. The number of fused-ring (bicyclic) bond motifs is 1. The molecule has 3 amide bonds. The van der Waals surface area contributed by atoms with Gasteiger partial charge in [0.15, 0.2) is 0 Å². The molecule has 6 atom stereocenters. The molecular formula is C24H33N3O5. The van der Waals surface area contributed by atoms with Crippen molar-refractivity contribution in [2.45, 2.75) is 69.9 Å². The number of carbonyl (C=O) groups is 3. The minimum absolute atomic E-state index is 0.124. The summed E-state index contributed by atoms with van der Waals surface area (Å²) in [7, 11) is 0. The molecule has 0 saturated carbocycles. The van der Waals surface area contributed by atoms with Gasteiger partial charge in [-0.3, -0.25) is 14.4 Å². The molecule has 2 bridgehead atoms. The summed E-state index contributed by atoms with van der Waals surface area (Å²) < 4.78 is 6.38. The molecule has 3 aliphatic rings. The summed E-state index contributed by atoms with van der Waals surface area (Å²) in [5.74, 6) is -2.16. The van der Waals surface area contributed by atoms with E-state index in [0.717, 1.165) is 12.0 Å². The second-order valence-corrected chi connectivity index (χ2v) is 9.36. The number of hydrogen-bond acceptors (Lipinski definition) is 5. The highest BCUT2D eigenvalue weighted by Gasteiger charge is 2.75. The van der Waals surface area contributed by atoms with Crippen LogP contribution >= 0.6 is 0 Å².